The number of rotatable bonds is 9. The quantitative estimate of drug-likeness (QED) is 0.143. The van der Waals surface area contributed by atoms with Gasteiger partial charge in [-0.1, -0.05) is 224 Å². The van der Waals surface area contributed by atoms with Crippen molar-refractivity contribution in [3.8, 4) is 79.9 Å². The first-order valence-electron chi connectivity index (χ1n) is 30.9. The molecule has 0 aliphatic heterocycles. The molecule has 10 nitrogen and oxygen atoms in total. The molecule has 0 aliphatic rings. The van der Waals surface area contributed by atoms with E-state index in [-0.39, 0.29) is 0 Å². The molecule has 6 aromatic heterocycles. The number of para-hydroxylation sites is 4. The first kappa shape index (κ1) is 51.4. The topological polar surface area (TPSA) is 97.1 Å². The van der Waals surface area contributed by atoms with Gasteiger partial charge in [-0.05, 0) is 101 Å². The monoisotopic (exact) mass is 1170 g/mol. The Morgan fingerprint density at radius 2 is 0.554 bits per heavy atom. The molecule has 6 heterocycles. The van der Waals surface area contributed by atoms with Crippen LogP contribution in [-0.2, 0) is 0 Å². The Bertz CT molecular complexity index is 6130. The average Bonchev–Trinajstić information content (AvgIpc) is 1.56. The van der Waals surface area contributed by atoms with Crippen LogP contribution >= 0.6 is 0 Å². The standard InChI is InChI=1S/C82H50N10/c1-5-23-52(24-6-1)77-83-78(53-25-7-2-8-26-53)86-81(85-77)91-67-39-20-17-36-63(67)75-71(91)46-44-68-76(75)64-43-41-57(50-72(64)89(68)59-32-11-4-12-33-59)55-30-21-31-58(48-55)80-84-79(54-27-9-3-10-28-54)87-82(88-80)92-66-38-19-16-35-62(66)74-70(92)47-45-69-73(74)61-34-15-18-37-65(61)90(69)60-42-40-51-22-13-14-29-56(51)49-60/h1-50H. The van der Waals surface area contributed by atoms with Gasteiger partial charge in [-0.3, -0.25) is 9.13 Å². The average molecular weight is 1180 g/mol. The van der Waals surface area contributed by atoms with Crippen LogP contribution in [0.1, 0.15) is 0 Å². The van der Waals surface area contributed by atoms with Crippen molar-refractivity contribution in [2.45, 2.75) is 0 Å². The summed E-state index contributed by atoms with van der Waals surface area (Å²) in [6.45, 7) is 0. The molecular formula is C82H50N10. The van der Waals surface area contributed by atoms with Crippen molar-refractivity contribution in [3.63, 3.8) is 0 Å². The Labute approximate surface area is 526 Å². The number of hydrogen-bond acceptors (Lipinski definition) is 6. The summed E-state index contributed by atoms with van der Waals surface area (Å²) < 4.78 is 9.24. The first-order chi connectivity index (χ1) is 45.6. The summed E-state index contributed by atoms with van der Waals surface area (Å²) in [6, 6.07) is 107. The molecule has 13 aromatic carbocycles. The normalized spacial score (nSPS) is 11.9. The third-order valence-electron chi connectivity index (χ3n) is 18.2. The van der Waals surface area contributed by atoms with Gasteiger partial charge in [-0.25, -0.2) is 9.97 Å². The summed E-state index contributed by atoms with van der Waals surface area (Å²) in [5.74, 6) is 3.45. The first-order valence-corrected chi connectivity index (χ1v) is 30.9. The molecule has 0 unspecified atom stereocenters. The van der Waals surface area contributed by atoms with Crippen LogP contribution in [0.25, 0.3) is 178 Å². The van der Waals surface area contributed by atoms with Crippen molar-refractivity contribution < 1.29 is 0 Å². The van der Waals surface area contributed by atoms with E-state index in [4.69, 9.17) is 29.9 Å². The van der Waals surface area contributed by atoms with Crippen molar-refractivity contribution >= 4 is 98.0 Å². The van der Waals surface area contributed by atoms with E-state index in [1.807, 2.05) is 54.6 Å². The van der Waals surface area contributed by atoms with E-state index in [9.17, 15) is 0 Å². The van der Waals surface area contributed by atoms with E-state index >= 15 is 0 Å². The van der Waals surface area contributed by atoms with Gasteiger partial charge in [0.05, 0.1) is 44.1 Å². The van der Waals surface area contributed by atoms with Gasteiger partial charge in [0.25, 0.3) is 0 Å². The van der Waals surface area contributed by atoms with E-state index in [0.29, 0.717) is 35.2 Å². The van der Waals surface area contributed by atoms with Gasteiger partial charge >= 0.3 is 0 Å². The van der Waals surface area contributed by atoms with Crippen LogP contribution in [-0.4, -0.2) is 48.2 Å². The molecule has 92 heavy (non-hydrogen) atoms. The second-order valence-corrected chi connectivity index (χ2v) is 23.4. The van der Waals surface area contributed by atoms with Crippen LogP contribution in [0.3, 0.4) is 0 Å². The molecule has 0 amide bonds. The zero-order chi connectivity index (χ0) is 60.4. The van der Waals surface area contributed by atoms with Crippen LogP contribution in [0, 0.1) is 0 Å². The second-order valence-electron chi connectivity index (χ2n) is 23.4. The number of nitrogens with zero attached hydrogens (tertiary/aromatic N) is 10. The highest BCUT2D eigenvalue weighted by atomic mass is 15.2. The van der Waals surface area contributed by atoms with Gasteiger partial charge in [0.15, 0.2) is 23.3 Å². The predicted molar refractivity (Wildman–Crippen MR) is 375 cm³/mol. The lowest BCUT2D eigenvalue weighted by Crippen LogP contribution is -2.06. The highest BCUT2D eigenvalue weighted by molar-refractivity contribution is 6.30. The Morgan fingerprint density at radius 3 is 1.07 bits per heavy atom. The minimum absolute atomic E-state index is 0.535. The Balaban J connectivity index is 0.788. The van der Waals surface area contributed by atoms with Gasteiger partial charge < -0.3 is 9.13 Å². The lowest BCUT2D eigenvalue weighted by atomic mass is 10.00. The van der Waals surface area contributed by atoms with Crippen molar-refractivity contribution in [2.24, 2.45) is 0 Å². The number of hydrogen-bond donors (Lipinski definition) is 0. The fourth-order valence-corrected chi connectivity index (χ4v) is 14.2. The molecule has 10 heteroatoms. The summed E-state index contributed by atoms with van der Waals surface area (Å²) in [5.41, 5.74) is 16.3. The molecule has 0 atom stereocenters. The summed E-state index contributed by atoms with van der Waals surface area (Å²) in [7, 11) is 0. The molecular weight excluding hydrogens is 1120 g/mol. The van der Waals surface area contributed by atoms with Crippen LogP contribution in [0.5, 0.6) is 0 Å². The molecule has 0 saturated heterocycles. The summed E-state index contributed by atoms with van der Waals surface area (Å²) in [4.78, 5) is 31.8. The predicted octanol–water partition coefficient (Wildman–Crippen LogP) is 19.9. The fourth-order valence-electron chi connectivity index (χ4n) is 14.2. The van der Waals surface area contributed by atoms with Gasteiger partial charge in [0.1, 0.15) is 0 Å². The van der Waals surface area contributed by atoms with Crippen LogP contribution in [0.15, 0.2) is 303 Å². The molecule has 0 aliphatic carbocycles. The van der Waals surface area contributed by atoms with E-state index in [2.05, 4.69) is 267 Å². The largest absolute Gasteiger partial charge is 0.309 e. The van der Waals surface area contributed by atoms with E-state index < -0.39 is 0 Å². The molecule has 19 rings (SSSR count). The van der Waals surface area contributed by atoms with Gasteiger partial charge in [-0.15, -0.1) is 0 Å². The van der Waals surface area contributed by atoms with Crippen LogP contribution in [0.4, 0.5) is 0 Å². The van der Waals surface area contributed by atoms with Gasteiger partial charge in [0, 0.05) is 76.7 Å². The van der Waals surface area contributed by atoms with Crippen molar-refractivity contribution in [2.75, 3.05) is 0 Å². The molecule has 0 N–H and O–H groups in total. The van der Waals surface area contributed by atoms with E-state index in [1.54, 1.807) is 0 Å². The molecule has 0 fully saturated rings. The lowest BCUT2D eigenvalue weighted by Gasteiger charge is -2.12. The van der Waals surface area contributed by atoms with Crippen molar-refractivity contribution in [3.05, 3.63) is 303 Å². The minimum atomic E-state index is 0.535. The summed E-state index contributed by atoms with van der Waals surface area (Å²) in [5, 5.41) is 11.5. The lowest BCUT2D eigenvalue weighted by molar-refractivity contribution is 0.953. The van der Waals surface area contributed by atoms with E-state index in [1.165, 1.54) is 21.5 Å². The van der Waals surface area contributed by atoms with E-state index in [0.717, 1.165) is 121 Å². The smallest absolute Gasteiger partial charge is 0.238 e. The van der Waals surface area contributed by atoms with Gasteiger partial charge in [-0.2, -0.15) is 19.9 Å². The van der Waals surface area contributed by atoms with Crippen molar-refractivity contribution in [1.82, 2.24) is 48.2 Å². The molecule has 0 spiro atoms. The second kappa shape index (κ2) is 20.5. The third-order valence-corrected chi connectivity index (χ3v) is 18.2. The fraction of sp³-hybridized carbons (Fsp3) is 0. The highest BCUT2D eigenvalue weighted by Gasteiger charge is 2.26. The number of fused-ring (bicyclic) bond motifs is 15. The molecule has 19 aromatic rings. The zero-order valence-electron chi connectivity index (χ0n) is 49.3. The number of benzene rings is 13. The Morgan fingerprint density at radius 1 is 0.185 bits per heavy atom. The highest BCUT2D eigenvalue weighted by Crippen LogP contribution is 2.46. The third kappa shape index (κ3) is 8.00. The zero-order valence-corrected chi connectivity index (χ0v) is 49.3. The maximum Gasteiger partial charge on any atom is 0.238 e. The Kier molecular flexibility index (Phi) is 11.4. The Hall–Kier alpha value is -12.7. The maximum atomic E-state index is 5.50. The van der Waals surface area contributed by atoms with Gasteiger partial charge in [0.2, 0.25) is 11.9 Å². The molecule has 0 bridgehead atoms. The minimum Gasteiger partial charge on any atom is -0.309 e. The number of aromatic nitrogens is 10. The SMILES string of the molecule is c1ccc(-c2nc(-c3cccc(-c4ccc5c6c7c8ccccc8n(-c8nc(-c9ccccc9)nc(-c9ccccc9)n8)c7ccc6n(-c6ccccc6)c5c4)c3)nc(-n3c4ccccc4c4c5c6ccccc6n(-c6ccc7ccccc7c6)c5ccc43)n2)cc1. The maximum absolute atomic E-state index is 5.50. The molecule has 0 saturated carbocycles. The summed E-state index contributed by atoms with van der Waals surface area (Å²) in [6.07, 6.45) is 0. The summed E-state index contributed by atoms with van der Waals surface area (Å²) >= 11 is 0. The molecule has 0 radical (unpaired) electrons. The molecule has 428 valence electrons. The van der Waals surface area contributed by atoms with Crippen LogP contribution < -0.4 is 0 Å². The van der Waals surface area contributed by atoms with Crippen LogP contribution in [0.2, 0.25) is 0 Å². The van der Waals surface area contributed by atoms with Crippen molar-refractivity contribution in [1.29, 1.82) is 0 Å².